The molecule has 30 heavy (non-hydrogen) atoms. The van der Waals surface area contributed by atoms with Crippen molar-refractivity contribution in [3.8, 4) is 0 Å². The van der Waals surface area contributed by atoms with Crippen LogP contribution in [0, 0.1) is 5.82 Å². The number of sulfone groups is 1. The Morgan fingerprint density at radius 1 is 1.20 bits per heavy atom. The second-order valence-electron chi connectivity index (χ2n) is 7.26. The zero-order valence-electron chi connectivity index (χ0n) is 16.3. The third-order valence-electron chi connectivity index (χ3n) is 5.12. The van der Waals surface area contributed by atoms with E-state index in [1.165, 1.54) is 30.3 Å². The minimum atomic E-state index is -3.27. The van der Waals surface area contributed by atoms with Crippen LogP contribution >= 0.6 is 11.8 Å². The lowest BCUT2D eigenvalue weighted by molar-refractivity contribution is -0.124. The Kier molecular flexibility index (Phi) is 7.30. The second-order valence-corrected chi connectivity index (χ2v) is 10.7. The Morgan fingerprint density at radius 3 is 2.53 bits per heavy atom. The van der Waals surface area contributed by atoms with Gasteiger partial charge < -0.3 is 5.32 Å². The largest absolute Gasteiger partial charge is 0.354 e. The van der Waals surface area contributed by atoms with Crippen LogP contribution in [-0.4, -0.2) is 54.5 Å². The molecule has 1 aromatic carbocycles. The Hall–Kier alpha value is -2.20. The molecule has 0 spiro atoms. The first kappa shape index (κ1) is 22.5. The van der Waals surface area contributed by atoms with E-state index in [0.717, 1.165) is 29.5 Å². The maximum atomic E-state index is 13.0. The number of amides is 3. The fourth-order valence-electron chi connectivity index (χ4n) is 3.45. The predicted octanol–water partition coefficient (Wildman–Crippen LogP) is 2.73. The minimum Gasteiger partial charge on any atom is -0.354 e. The maximum Gasteiger partial charge on any atom is 0.293 e. The summed E-state index contributed by atoms with van der Waals surface area (Å²) in [5.74, 6) is -1.49. The fourth-order valence-corrected chi connectivity index (χ4v) is 6.17. The van der Waals surface area contributed by atoms with Crippen molar-refractivity contribution in [3.05, 3.63) is 40.6 Å². The molecule has 1 saturated carbocycles. The van der Waals surface area contributed by atoms with E-state index in [2.05, 4.69) is 5.32 Å². The van der Waals surface area contributed by atoms with Gasteiger partial charge in [0.25, 0.3) is 11.1 Å². The number of halogens is 1. The van der Waals surface area contributed by atoms with Crippen LogP contribution in [0.25, 0.3) is 6.08 Å². The smallest absolute Gasteiger partial charge is 0.293 e. The molecule has 1 N–H and O–H groups in total. The van der Waals surface area contributed by atoms with Crippen LogP contribution in [-0.2, 0) is 19.4 Å². The van der Waals surface area contributed by atoms with Gasteiger partial charge in [0.2, 0.25) is 5.91 Å². The molecule has 1 aliphatic heterocycles. The van der Waals surface area contributed by atoms with Crippen molar-refractivity contribution in [2.24, 2.45) is 0 Å². The average molecular weight is 455 g/mol. The van der Waals surface area contributed by atoms with Crippen molar-refractivity contribution >= 4 is 44.7 Å². The lowest BCUT2D eigenvalue weighted by Crippen LogP contribution is -2.37. The van der Waals surface area contributed by atoms with E-state index in [1.54, 1.807) is 0 Å². The summed E-state index contributed by atoms with van der Waals surface area (Å²) in [7, 11) is -3.27. The zero-order valence-corrected chi connectivity index (χ0v) is 17.9. The van der Waals surface area contributed by atoms with Gasteiger partial charge in [-0.15, -0.1) is 0 Å². The molecule has 0 atom stereocenters. The molecule has 1 aliphatic carbocycles. The quantitative estimate of drug-likeness (QED) is 0.606. The Labute approximate surface area is 179 Å². The topological polar surface area (TPSA) is 101 Å². The van der Waals surface area contributed by atoms with E-state index in [-0.39, 0.29) is 35.4 Å². The summed E-state index contributed by atoms with van der Waals surface area (Å²) < 4.78 is 37.4. The van der Waals surface area contributed by atoms with Gasteiger partial charge in [-0.25, -0.2) is 12.8 Å². The Morgan fingerprint density at radius 2 is 1.87 bits per heavy atom. The van der Waals surface area contributed by atoms with Gasteiger partial charge in [0.05, 0.1) is 15.9 Å². The monoisotopic (exact) mass is 454 g/mol. The maximum absolute atomic E-state index is 13.0. The van der Waals surface area contributed by atoms with Gasteiger partial charge >= 0.3 is 0 Å². The Bertz CT molecular complexity index is 954. The molecule has 0 radical (unpaired) electrons. The van der Waals surface area contributed by atoms with Crippen LogP contribution in [0.1, 0.15) is 37.7 Å². The molecule has 10 heteroatoms. The summed E-state index contributed by atoms with van der Waals surface area (Å²) in [6.45, 7) is 0.0384. The van der Waals surface area contributed by atoms with Gasteiger partial charge in [-0.3, -0.25) is 19.3 Å². The first-order chi connectivity index (χ1) is 14.3. The summed E-state index contributed by atoms with van der Waals surface area (Å²) in [5.41, 5.74) is 0.596. The number of imide groups is 1. The highest BCUT2D eigenvalue weighted by Crippen LogP contribution is 2.32. The molecular weight excluding hydrogens is 431 g/mol. The highest BCUT2D eigenvalue weighted by atomic mass is 32.2. The van der Waals surface area contributed by atoms with Gasteiger partial charge in [-0.2, -0.15) is 0 Å². The number of hydrogen-bond donors (Lipinski definition) is 1. The van der Waals surface area contributed by atoms with Gasteiger partial charge in [0, 0.05) is 19.5 Å². The summed E-state index contributed by atoms with van der Waals surface area (Å²) in [6, 6.07) is 5.53. The van der Waals surface area contributed by atoms with Crippen LogP contribution in [0.5, 0.6) is 0 Å². The second kappa shape index (κ2) is 9.74. The third-order valence-corrected chi connectivity index (χ3v) is 8.29. The molecule has 2 aliphatic rings. The van der Waals surface area contributed by atoms with Crippen LogP contribution in [0.2, 0.25) is 0 Å². The SMILES string of the molecule is O=C(CCS(=O)(=O)C1CCCC1)NCCN1C(=O)S/C(=C\c2ccc(F)cc2)C1=O. The van der Waals surface area contributed by atoms with Crippen LogP contribution in [0.15, 0.2) is 29.2 Å². The number of nitrogens with one attached hydrogen (secondary N) is 1. The van der Waals surface area contributed by atoms with Gasteiger partial charge in [-0.05, 0) is 48.4 Å². The predicted molar refractivity (Wildman–Crippen MR) is 113 cm³/mol. The van der Waals surface area contributed by atoms with E-state index in [4.69, 9.17) is 0 Å². The van der Waals surface area contributed by atoms with Gasteiger partial charge in [0.15, 0.2) is 9.84 Å². The van der Waals surface area contributed by atoms with E-state index < -0.39 is 32.7 Å². The number of hydrogen-bond acceptors (Lipinski definition) is 6. The van der Waals surface area contributed by atoms with Crippen molar-refractivity contribution in [1.82, 2.24) is 10.2 Å². The molecule has 1 aromatic rings. The molecule has 2 fully saturated rings. The third kappa shape index (κ3) is 5.69. The van der Waals surface area contributed by atoms with E-state index in [1.807, 2.05) is 0 Å². The Balaban J connectivity index is 1.46. The summed E-state index contributed by atoms with van der Waals surface area (Å²) in [6.07, 6.45) is 4.51. The number of thioether (sulfide) groups is 1. The lowest BCUT2D eigenvalue weighted by atomic mass is 10.2. The molecule has 1 saturated heterocycles. The first-order valence-corrected chi connectivity index (χ1v) is 12.3. The molecule has 3 rings (SSSR count). The highest BCUT2D eigenvalue weighted by Gasteiger charge is 2.34. The van der Waals surface area contributed by atoms with Gasteiger partial charge in [0.1, 0.15) is 5.82 Å². The van der Waals surface area contributed by atoms with Crippen LogP contribution < -0.4 is 5.32 Å². The van der Waals surface area contributed by atoms with E-state index in [9.17, 15) is 27.2 Å². The summed E-state index contributed by atoms with van der Waals surface area (Å²) in [5, 5.41) is 1.77. The van der Waals surface area contributed by atoms with Crippen molar-refractivity contribution in [2.45, 2.75) is 37.4 Å². The average Bonchev–Trinajstić information content (AvgIpc) is 3.33. The molecule has 1 heterocycles. The van der Waals surface area contributed by atoms with Crippen molar-refractivity contribution in [1.29, 1.82) is 0 Å². The molecule has 0 bridgehead atoms. The van der Waals surface area contributed by atoms with Crippen molar-refractivity contribution < 1.29 is 27.2 Å². The van der Waals surface area contributed by atoms with Crippen molar-refractivity contribution in [3.63, 3.8) is 0 Å². The number of rotatable bonds is 8. The minimum absolute atomic E-state index is 0.00740. The first-order valence-electron chi connectivity index (χ1n) is 9.75. The van der Waals surface area contributed by atoms with Crippen molar-refractivity contribution in [2.75, 3.05) is 18.8 Å². The number of carbonyl (C=O) groups excluding carboxylic acids is 3. The van der Waals surface area contributed by atoms with E-state index >= 15 is 0 Å². The highest BCUT2D eigenvalue weighted by molar-refractivity contribution is 8.18. The molecule has 162 valence electrons. The zero-order chi connectivity index (χ0) is 21.7. The van der Waals surface area contributed by atoms with Crippen LogP contribution in [0.4, 0.5) is 9.18 Å². The normalized spacial score (nSPS) is 19.1. The lowest BCUT2D eigenvalue weighted by Gasteiger charge is -2.14. The number of benzene rings is 1. The molecule has 3 amide bonds. The standard InChI is InChI=1S/C20H23FN2O5S2/c21-15-7-5-14(6-8-15)13-17-19(25)23(20(26)29-17)11-10-22-18(24)9-12-30(27,28)16-3-1-2-4-16/h5-8,13,16H,1-4,9-12H2,(H,22,24)/b17-13-. The summed E-state index contributed by atoms with van der Waals surface area (Å²) >= 11 is 0.780. The molecule has 0 aromatic heterocycles. The molecular formula is C20H23FN2O5S2. The van der Waals surface area contributed by atoms with E-state index in [0.29, 0.717) is 18.4 Å². The number of nitrogens with zero attached hydrogens (tertiary/aromatic N) is 1. The molecule has 7 nitrogen and oxygen atoms in total. The number of carbonyl (C=O) groups is 3. The molecule has 0 unspecified atom stereocenters. The fraction of sp³-hybridized carbons (Fsp3) is 0.450. The van der Waals surface area contributed by atoms with Gasteiger partial charge in [-0.1, -0.05) is 25.0 Å². The summed E-state index contributed by atoms with van der Waals surface area (Å²) in [4.78, 5) is 37.7. The van der Waals surface area contributed by atoms with Crippen LogP contribution in [0.3, 0.4) is 0 Å².